The van der Waals surface area contributed by atoms with Crippen molar-refractivity contribution >= 4 is 21.6 Å². The number of rotatable bonds is 7. The molecule has 0 radical (unpaired) electrons. The second-order valence-electron chi connectivity index (χ2n) is 3.66. The average Bonchev–Trinajstić information content (AvgIpc) is 2.26. The van der Waals surface area contributed by atoms with Crippen molar-refractivity contribution in [1.82, 2.24) is 0 Å². The Labute approximate surface area is 104 Å². The maximum absolute atomic E-state index is 13.4. The zero-order chi connectivity index (χ0) is 11.8. The third-order valence-corrected chi connectivity index (χ3v) is 3.01. The Kier molecular flexibility index (Phi) is 6.42. The van der Waals surface area contributed by atoms with Crippen LogP contribution in [0.25, 0.3) is 0 Å². The molecule has 1 aromatic carbocycles. The molecule has 0 aromatic heterocycles. The summed E-state index contributed by atoms with van der Waals surface area (Å²) in [6.07, 6.45) is 3.92. The first-order chi connectivity index (χ1) is 7.75. The van der Waals surface area contributed by atoms with E-state index in [9.17, 15) is 4.39 Å². The van der Waals surface area contributed by atoms with Gasteiger partial charge in [-0.25, -0.2) is 4.39 Å². The Bertz CT molecular complexity index is 300. The van der Waals surface area contributed by atoms with Crippen LogP contribution in [0.15, 0.2) is 22.7 Å². The van der Waals surface area contributed by atoms with Gasteiger partial charge in [-0.05, 0) is 40.9 Å². The number of aliphatic hydroxyl groups excluding tert-OH is 1. The highest BCUT2D eigenvalue weighted by Crippen LogP contribution is 2.24. The van der Waals surface area contributed by atoms with Crippen LogP contribution in [0.1, 0.15) is 25.7 Å². The number of benzene rings is 1. The van der Waals surface area contributed by atoms with Crippen molar-refractivity contribution in [3.8, 4) is 0 Å². The van der Waals surface area contributed by atoms with Gasteiger partial charge in [-0.15, -0.1) is 0 Å². The van der Waals surface area contributed by atoms with Crippen LogP contribution >= 0.6 is 15.9 Å². The van der Waals surface area contributed by atoms with E-state index in [1.165, 1.54) is 6.07 Å². The first-order valence-corrected chi connectivity index (χ1v) is 6.33. The van der Waals surface area contributed by atoms with Crippen LogP contribution in [0.5, 0.6) is 0 Å². The summed E-state index contributed by atoms with van der Waals surface area (Å²) in [5.74, 6) is -0.232. The third kappa shape index (κ3) is 4.49. The van der Waals surface area contributed by atoms with Crippen molar-refractivity contribution in [1.29, 1.82) is 0 Å². The van der Waals surface area contributed by atoms with E-state index in [4.69, 9.17) is 5.11 Å². The highest BCUT2D eigenvalue weighted by atomic mass is 79.9. The molecule has 0 unspecified atom stereocenters. The minimum Gasteiger partial charge on any atom is -0.396 e. The van der Waals surface area contributed by atoms with E-state index in [0.717, 1.165) is 36.7 Å². The van der Waals surface area contributed by atoms with Crippen LogP contribution in [0.3, 0.4) is 0 Å². The predicted molar refractivity (Wildman–Crippen MR) is 68.1 cm³/mol. The van der Waals surface area contributed by atoms with Crippen molar-refractivity contribution in [2.45, 2.75) is 25.7 Å². The molecule has 0 fully saturated rings. The second-order valence-corrected chi connectivity index (χ2v) is 4.52. The van der Waals surface area contributed by atoms with Gasteiger partial charge in [-0.1, -0.05) is 18.9 Å². The van der Waals surface area contributed by atoms with Gasteiger partial charge in [0.05, 0.1) is 5.69 Å². The molecule has 1 rings (SSSR count). The first-order valence-electron chi connectivity index (χ1n) is 5.54. The summed E-state index contributed by atoms with van der Waals surface area (Å²) in [5, 5.41) is 11.7. The molecule has 0 heterocycles. The smallest absolute Gasteiger partial charge is 0.147 e. The largest absolute Gasteiger partial charge is 0.396 e. The van der Waals surface area contributed by atoms with E-state index in [1.54, 1.807) is 6.07 Å². The van der Waals surface area contributed by atoms with E-state index in [-0.39, 0.29) is 12.4 Å². The Balaban J connectivity index is 2.26. The Morgan fingerprint density at radius 3 is 2.62 bits per heavy atom. The molecule has 0 amide bonds. The summed E-state index contributed by atoms with van der Waals surface area (Å²) in [6, 6.07) is 4.93. The lowest BCUT2D eigenvalue weighted by Gasteiger charge is -2.09. The van der Waals surface area contributed by atoms with Crippen molar-refractivity contribution in [3.63, 3.8) is 0 Å². The van der Waals surface area contributed by atoms with Crippen LogP contribution in [-0.2, 0) is 0 Å². The molecule has 0 aliphatic heterocycles. The number of unbranched alkanes of at least 4 members (excludes halogenated alkanes) is 3. The second kappa shape index (κ2) is 7.63. The van der Waals surface area contributed by atoms with Crippen LogP contribution in [0, 0.1) is 5.82 Å². The molecule has 1 aromatic rings. The average molecular weight is 290 g/mol. The number of halogens is 2. The fraction of sp³-hybridized carbons (Fsp3) is 0.500. The summed E-state index contributed by atoms with van der Waals surface area (Å²) in [7, 11) is 0. The molecule has 4 heteroatoms. The zero-order valence-corrected chi connectivity index (χ0v) is 10.8. The van der Waals surface area contributed by atoms with Gasteiger partial charge < -0.3 is 10.4 Å². The lowest BCUT2D eigenvalue weighted by Crippen LogP contribution is -2.04. The van der Waals surface area contributed by atoms with E-state index < -0.39 is 0 Å². The van der Waals surface area contributed by atoms with Gasteiger partial charge in [-0.2, -0.15) is 0 Å². The monoisotopic (exact) mass is 289 g/mol. The van der Waals surface area contributed by atoms with Gasteiger partial charge in [0, 0.05) is 17.6 Å². The zero-order valence-electron chi connectivity index (χ0n) is 9.18. The van der Waals surface area contributed by atoms with E-state index in [2.05, 4.69) is 21.2 Å². The molecule has 0 aliphatic rings. The summed E-state index contributed by atoms with van der Waals surface area (Å²) < 4.78 is 14.1. The molecule has 0 spiro atoms. The standard InChI is InChI=1S/C12H17BrFNO/c13-10-6-5-7-11(14)12(10)15-8-3-1-2-4-9-16/h5-7,15-16H,1-4,8-9H2. The highest BCUT2D eigenvalue weighted by Gasteiger charge is 2.04. The molecule has 90 valence electrons. The summed E-state index contributed by atoms with van der Waals surface area (Å²) in [4.78, 5) is 0. The molecule has 0 aliphatic carbocycles. The van der Waals surface area contributed by atoms with Crippen molar-refractivity contribution in [2.75, 3.05) is 18.5 Å². The van der Waals surface area contributed by atoms with Crippen molar-refractivity contribution in [2.24, 2.45) is 0 Å². The predicted octanol–water partition coefficient (Wildman–Crippen LogP) is 3.55. The quantitative estimate of drug-likeness (QED) is 0.753. The van der Waals surface area contributed by atoms with Gasteiger partial charge in [0.2, 0.25) is 0 Å². The van der Waals surface area contributed by atoms with Crippen molar-refractivity contribution < 1.29 is 9.50 Å². The van der Waals surface area contributed by atoms with Gasteiger partial charge >= 0.3 is 0 Å². The Morgan fingerprint density at radius 1 is 1.19 bits per heavy atom. The number of hydrogen-bond donors (Lipinski definition) is 2. The fourth-order valence-corrected chi connectivity index (χ4v) is 1.95. The topological polar surface area (TPSA) is 32.3 Å². The van der Waals surface area contributed by atoms with Crippen LogP contribution < -0.4 is 5.32 Å². The number of aliphatic hydroxyl groups is 1. The number of para-hydroxylation sites is 1. The maximum atomic E-state index is 13.4. The van der Waals surface area contributed by atoms with E-state index >= 15 is 0 Å². The summed E-state index contributed by atoms with van der Waals surface area (Å²) in [6.45, 7) is 1.01. The van der Waals surface area contributed by atoms with Crippen molar-refractivity contribution in [3.05, 3.63) is 28.5 Å². The first kappa shape index (κ1) is 13.5. The molecule has 0 bridgehead atoms. The van der Waals surface area contributed by atoms with Gasteiger partial charge in [0.15, 0.2) is 0 Å². The Hall–Kier alpha value is -0.610. The van der Waals surface area contributed by atoms with Gasteiger partial charge in [0.25, 0.3) is 0 Å². The lowest BCUT2D eigenvalue weighted by atomic mass is 10.2. The molecule has 2 nitrogen and oxygen atoms in total. The molecule has 0 saturated carbocycles. The third-order valence-electron chi connectivity index (χ3n) is 2.35. The number of hydrogen-bond acceptors (Lipinski definition) is 2. The molecule has 0 atom stereocenters. The molecule has 2 N–H and O–H groups in total. The summed E-state index contributed by atoms with van der Waals surface area (Å²) in [5.41, 5.74) is 0.532. The molecular weight excluding hydrogens is 273 g/mol. The number of nitrogens with one attached hydrogen (secondary N) is 1. The lowest BCUT2D eigenvalue weighted by molar-refractivity contribution is 0.283. The van der Waals surface area contributed by atoms with Crippen LogP contribution in [-0.4, -0.2) is 18.3 Å². The van der Waals surface area contributed by atoms with Crippen LogP contribution in [0.2, 0.25) is 0 Å². The van der Waals surface area contributed by atoms with E-state index in [0.29, 0.717) is 5.69 Å². The van der Waals surface area contributed by atoms with Crippen LogP contribution in [0.4, 0.5) is 10.1 Å². The number of anilines is 1. The molecular formula is C12H17BrFNO. The minimum atomic E-state index is -0.232. The van der Waals surface area contributed by atoms with E-state index in [1.807, 2.05) is 6.07 Å². The van der Waals surface area contributed by atoms with Gasteiger partial charge in [0.1, 0.15) is 5.82 Å². The fourth-order valence-electron chi connectivity index (χ4n) is 1.47. The highest BCUT2D eigenvalue weighted by molar-refractivity contribution is 9.10. The SMILES string of the molecule is OCCCCCCNc1c(F)cccc1Br. The molecule has 16 heavy (non-hydrogen) atoms. The Morgan fingerprint density at radius 2 is 1.94 bits per heavy atom. The summed E-state index contributed by atoms with van der Waals surface area (Å²) >= 11 is 3.31. The minimum absolute atomic E-state index is 0.232. The normalized spacial score (nSPS) is 10.4. The maximum Gasteiger partial charge on any atom is 0.147 e. The molecule has 0 saturated heterocycles. The van der Waals surface area contributed by atoms with Gasteiger partial charge in [-0.3, -0.25) is 0 Å².